The quantitative estimate of drug-likeness (QED) is 0.174. The first-order valence-corrected chi connectivity index (χ1v) is 14.5. The zero-order valence-electron chi connectivity index (χ0n) is 24.9. The topological polar surface area (TPSA) is 184 Å². The van der Waals surface area contributed by atoms with Crippen molar-refractivity contribution in [3.05, 3.63) is 0 Å². The van der Waals surface area contributed by atoms with Crippen LogP contribution >= 0.6 is 0 Å². The van der Waals surface area contributed by atoms with Gasteiger partial charge in [-0.1, -0.05) is 47.5 Å². The number of carbonyl (C=O) groups excluding carboxylic acids is 1. The van der Waals surface area contributed by atoms with Crippen molar-refractivity contribution >= 4 is 11.9 Å². The fourth-order valence-corrected chi connectivity index (χ4v) is 5.96. The first kappa shape index (κ1) is 34.8. The molecule has 2 heterocycles. The van der Waals surface area contributed by atoms with E-state index in [4.69, 9.17) is 18.9 Å². The number of hydrogen-bond donors (Lipinski definition) is 6. The summed E-state index contributed by atoms with van der Waals surface area (Å²) in [5, 5.41) is 56.0. The van der Waals surface area contributed by atoms with Gasteiger partial charge in [0, 0.05) is 6.92 Å². The van der Waals surface area contributed by atoms with Crippen LogP contribution in [0.1, 0.15) is 87.0 Å². The molecule has 6 N–H and O–H groups in total. The highest BCUT2D eigenvalue weighted by Gasteiger charge is 2.56. The maximum absolute atomic E-state index is 12.3. The average molecular weight is 578 g/mol. The molecule has 2 saturated heterocycles. The van der Waals surface area contributed by atoms with Crippen LogP contribution in [-0.4, -0.2) is 111 Å². The van der Waals surface area contributed by atoms with Crippen LogP contribution in [0.3, 0.4) is 0 Å². The number of rotatable bonds is 14. The molecule has 2 aliphatic rings. The standard InChI is InChI=1S/C28H51NO11/c1-8-12-27(6,10-3)24-17(29-15(5)31)21(18(32)16(14-30)37-24)38-26-20(34)19(33)22(23(39-26)25(35)36)40-28(7,11-4)13-9-2/h16-24,26,30,32-34H,8-14H2,1-7H3,(H,29,31)(H,35,36)/t16?,17?,18-,19?,20?,21?,22+,23?,24?,26-,27?,28-/m1/s1. The molecule has 0 bridgehead atoms. The van der Waals surface area contributed by atoms with Gasteiger partial charge < -0.3 is 49.8 Å². The van der Waals surface area contributed by atoms with E-state index in [0.29, 0.717) is 25.7 Å². The lowest BCUT2D eigenvalue weighted by atomic mass is 9.71. The summed E-state index contributed by atoms with van der Waals surface area (Å²) in [6.07, 6.45) is -8.68. The van der Waals surface area contributed by atoms with Crippen LogP contribution in [0.25, 0.3) is 0 Å². The Labute approximate surface area is 237 Å². The van der Waals surface area contributed by atoms with Gasteiger partial charge in [0.2, 0.25) is 5.91 Å². The smallest absolute Gasteiger partial charge is 0.335 e. The van der Waals surface area contributed by atoms with Gasteiger partial charge in [0.1, 0.15) is 36.6 Å². The molecule has 0 aromatic carbocycles. The Morgan fingerprint density at radius 2 is 1.52 bits per heavy atom. The van der Waals surface area contributed by atoms with Crippen molar-refractivity contribution < 1.29 is 54.1 Å². The molecule has 0 radical (unpaired) electrons. The Morgan fingerprint density at radius 3 is 2.00 bits per heavy atom. The number of aliphatic carboxylic acids is 1. The molecule has 0 aromatic rings. The number of ether oxygens (including phenoxy) is 4. The van der Waals surface area contributed by atoms with Gasteiger partial charge in [-0.25, -0.2) is 4.79 Å². The van der Waals surface area contributed by atoms with Crippen LogP contribution in [0.4, 0.5) is 0 Å². The summed E-state index contributed by atoms with van der Waals surface area (Å²) in [6.45, 7) is 12.4. The van der Waals surface area contributed by atoms with Crippen molar-refractivity contribution in [1.82, 2.24) is 5.32 Å². The molecule has 2 aliphatic heterocycles. The zero-order chi connectivity index (χ0) is 30.4. The van der Waals surface area contributed by atoms with Crippen LogP contribution < -0.4 is 5.32 Å². The lowest BCUT2D eigenvalue weighted by Crippen LogP contribution is -2.70. The maximum atomic E-state index is 12.3. The van der Waals surface area contributed by atoms with Crippen LogP contribution in [0.2, 0.25) is 0 Å². The Kier molecular flexibility index (Phi) is 12.8. The fraction of sp³-hybridized carbons (Fsp3) is 0.929. The van der Waals surface area contributed by atoms with Crippen LogP contribution in [-0.2, 0) is 28.5 Å². The van der Waals surface area contributed by atoms with Gasteiger partial charge in [0.05, 0.1) is 24.4 Å². The second-order valence-corrected chi connectivity index (χ2v) is 11.7. The number of aliphatic hydroxyl groups excluding tert-OH is 4. The molecule has 0 spiro atoms. The summed E-state index contributed by atoms with van der Waals surface area (Å²) in [5.74, 6) is -1.84. The molecule has 40 heavy (non-hydrogen) atoms. The van der Waals surface area contributed by atoms with Gasteiger partial charge in [-0.05, 0) is 38.0 Å². The van der Waals surface area contributed by atoms with Crippen molar-refractivity contribution in [1.29, 1.82) is 0 Å². The highest BCUT2D eigenvalue weighted by atomic mass is 16.7. The molecule has 2 rings (SSSR count). The summed E-state index contributed by atoms with van der Waals surface area (Å²) >= 11 is 0. The Bertz CT molecular complexity index is 830. The molecule has 8 unspecified atom stereocenters. The third kappa shape index (κ3) is 7.71. The predicted molar refractivity (Wildman–Crippen MR) is 144 cm³/mol. The zero-order valence-corrected chi connectivity index (χ0v) is 24.9. The fourth-order valence-electron chi connectivity index (χ4n) is 5.96. The minimum Gasteiger partial charge on any atom is -0.479 e. The molecule has 234 valence electrons. The van der Waals surface area contributed by atoms with E-state index in [-0.39, 0.29) is 0 Å². The van der Waals surface area contributed by atoms with E-state index in [9.17, 15) is 35.1 Å². The van der Waals surface area contributed by atoms with Crippen molar-refractivity contribution in [3.8, 4) is 0 Å². The number of carboxylic acids is 1. The molecule has 12 atom stereocenters. The summed E-state index contributed by atoms with van der Waals surface area (Å²) in [7, 11) is 0. The number of aliphatic hydroxyl groups is 4. The van der Waals surface area contributed by atoms with E-state index in [1.54, 1.807) is 0 Å². The predicted octanol–water partition coefficient (Wildman–Crippen LogP) is 1.10. The SMILES string of the molecule is CCCC(C)(CC)C1OC(CO)[C@@H](O)C(O[C@@H]2OC(C(=O)O)[C@@H](O[C@](C)(CC)CCC)C(O)C2O)C1NC(C)=O. The first-order chi connectivity index (χ1) is 18.7. The third-order valence-electron chi connectivity index (χ3n) is 8.61. The summed E-state index contributed by atoms with van der Waals surface area (Å²) in [4.78, 5) is 24.5. The van der Waals surface area contributed by atoms with E-state index in [1.165, 1.54) is 6.92 Å². The van der Waals surface area contributed by atoms with E-state index in [0.717, 1.165) is 12.8 Å². The van der Waals surface area contributed by atoms with E-state index < -0.39 is 90.7 Å². The largest absolute Gasteiger partial charge is 0.479 e. The molecule has 12 heteroatoms. The van der Waals surface area contributed by atoms with E-state index in [2.05, 4.69) is 5.32 Å². The number of carbonyl (C=O) groups is 2. The minimum absolute atomic E-state index is 0.423. The molecule has 1 amide bonds. The molecule has 0 aromatic heterocycles. The van der Waals surface area contributed by atoms with Crippen LogP contribution in [0.15, 0.2) is 0 Å². The summed E-state index contributed by atoms with van der Waals surface area (Å²) < 4.78 is 23.9. The average Bonchev–Trinajstić information content (AvgIpc) is 2.89. The van der Waals surface area contributed by atoms with Crippen molar-refractivity contribution in [2.45, 2.75) is 154 Å². The lowest BCUT2D eigenvalue weighted by molar-refractivity contribution is -0.340. The van der Waals surface area contributed by atoms with Crippen molar-refractivity contribution in [3.63, 3.8) is 0 Å². The van der Waals surface area contributed by atoms with E-state index in [1.807, 2.05) is 41.5 Å². The van der Waals surface area contributed by atoms with Gasteiger partial charge in [-0.15, -0.1) is 0 Å². The van der Waals surface area contributed by atoms with Gasteiger partial charge in [-0.2, -0.15) is 0 Å². The minimum atomic E-state index is -1.74. The number of nitrogens with one attached hydrogen (secondary N) is 1. The Hall–Kier alpha value is -1.38. The van der Waals surface area contributed by atoms with Crippen LogP contribution in [0.5, 0.6) is 0 Å². The molecule has 0 saturated carbocycles. The molecular weight excluding hydrogens is 526 g/mol. The highest BCUT2D eigenvalue weighted by molar-refractivity contribution is 5.74. The lowest BCUT2D eigenvalue weighted by Gasteiger charge is -2.52. The second-order valence-electron chi connectivity index (χ2n) is 11.7. The monoisotopic (exact) mass is 577 g/mol. The Morgan fingerprint density at radius 1 is 0.900 bits per heavy atom. The number of carboxylic acid groups (broad SMARTS) is 1. The molecule has 2 fully saturated rings. The van der Waals surface area contributed by atoms with Crippen molar-refractivity contribution in [2.24, 2.45) is 5.41 Å². The summed E-state index contributed by atoms with van der Waals surface area (Å²) in [5.41, 5.74) is -1.25. The van der Waals surface area contributed by atoms with Crippen molar-refractivity contribution in [2.75, 3.05) is 6.61 Å². The number of hydrogen-bond acceptors (Lipinski definition) is 10. The molecular formula is C28H51NO11. The normalized spacial score (nSPS) is 37.8. The number of amides is 1. The Balaban J connectivity index is 2.45. The van der Waals surface area contributed by atoms with Gasteiger partial charge in [0.15, 0.2) is 12.4 Å². The molecule has 0 aliphatic carbocycles. The van der Waals surface area contributed by atoms with Gasteiger partial charge in [0.25, 0.3) is 0 Å². The third-order valence-corrected chi connectivity index (χ3v) is 8.61. The van der Waals surface area contributed by atoms with E-state index >= 15 is 0 Å². The first-order valence-electron chi connectivity index (χ1n) is 14.5. The van der Waals surface area contributed by atoms with Gasteiger partial charge >= 0.3 is 5.97 Å². The van der Waals surface area contributed by atoms with Gasteiger partial charge in [-0.3, -0.25) is 4.79 Å². The van der Waals surface area contributed by atoms with Crippen LogP contribution in [0, 0.1) is 5.41 Å². The second kappa shape index (κ2) is 14.7. The highest BCUT2D eigenvalue weighted by Crippen LogP contribution is 2.41. The maximum Gasteiger partial charge on any atom is 0.335 e. The molecule has 12 nitrogen and oxygen atoms in total. The summed E-state index contributed by atoms with van der Waals surface area (Å²) in [6, 6.07) is -0.940.